The van der Waals surface area contributed by atoms with Crippen molar-refractivity contribution >= 4 is 22.6 Å². The zero-order chi connectivity index (χ0) is 25.4. The van der Waals surface area contributed by atoms with E-state index in [1.807, 2.05) is 43.0 Å². The van der Waals surface area contributed by atoms with Gasteiger partial charge in [-0.15, -0.1) is 0 Å². The van der Waals surface area contributed by atoms with Crippen molar-refractivity contribution in [3.8, 4) is 0 Å². The number of hydrogen-bond acceptors (Lipinski definition) is 6. The molecule has 2 aromatic carbocycles. The molecule has 0 spiro atoms. The Hall–Kier alpha value is -3.24. The zero-order valence-electron chi connectivity index (χ0n) is 20.2. The molecule has 1 amide bonds. The van der Waals surface area contributed by atoms with E-state index in [9.17, 15) is 18.0 Å². The van der Waals surface area contributed by atoms with E-state index in [1.54, 1.807) is 6.07 Å². The van der Waals surface area contributed by atoms with Crippen molar-refractivity contribution in [3.05, 3.63) is 65.5 Å². The lowest BCUT2D eigenvalue weighted by Crippen LogP contribution is -2.62. The minimum absolute atomic E-state index is 0.0200. The number of benzene rings is 2. The van der Waals surface area contributed by atoms with Crippen molar-refractivity contribution in [3.63, 3.8) is 0 Å². The Morgan fingerprint density at radius 1 is 1.03 bits per heavy atom. The van der Waals surface area contributed by atoms with Gasteiger partial charge in [0.2, 0.25) is 5.91 Å². The van der Waals surface area contributed by atoms with Crippen molar-refractivity contribution in [1.29, 1.82) is 0 Å². The molecule has 0 saturated carbocycles. The molecule has 190 valence electrons. The van der Waals surface area contributed by atoms with E-state index in [2.05, 4.69) is 15.5 Å². The van der Waals surface area contributed by atoms with Crippen LogP contribution in [-0.4, -0.2) is 57.5 Å². The zero-order valence-corrected chi connectivity index (χ0v) is 20.2. The topological polar surface area (TPSA) is 73.4 Å². The molecule has 2 bridgehead atoms. The molecular formula is C26H29F3N6O. The summed E-state index contributed by atoms with van der Waals surface area (Å²) >= 11 is 0. The number of anilines is 1. The summed E-state index contributed by atoms with van der Waals surface area (Å²) in [6.07, 6.45) is -4.80. The Morgan fingerprint density at radius 2 is 1.78 bits per heavy atom. The molecule has 2 aliphatic heterocycles. The third-order valence-corrected chi connectivity index (χ3v) is 6.84. The van der Waals surface area contributed by atoms with Crippen LogP contribution in [0.1, 0.15) is 30.8 Å². The number of amides is 1. The second-order valence-corrected chi connectivity index (χ2v) is 9.76. The number of alkyl halides is 3. The Balaban J connectivity index is 1.44. The highest BCUT2D eigenvalue weighted by Crippen LogP contribution is 2.33. The molecule has 2 aliphatic rings. The number of carbonyl (C=O) groups excluding carboxylic acids is 1. The summed E-state index contributed by atoms with van der Waals surface area (Å²) in [5, 5.41) is 7.33. The van der Waals surface area contributed by atoms with Gasteiger partial charge in [0.25, 0.3) is 0 Å². The fraction of sp³-hybridized carbons (Fsp3) is 0.423. The molecule has 7 nitrogen and oxygen atoms in total. The molecule has 3 heterocycles. The van der Waals surface area contributed by atoms with Gasteiger partial charge in [0.15, 0.2) is 0 Å². The summed E-state index contributed by atoms with van der Waals surface area (Å²) in [6, 6.07) is 12.8. The van der Waals surface area contributed by atoms with Crippen molar-refractivity contribution < 1.29 is 18.0 Å². The lowest BCUT2D eigenvalue weighted by atomic mass is 10.0. The molecule has 0 radical (unpaired) electrons. The van der Waals surface area contributed by atoms with E-state index in [0.717, 1.165) is 17.0 Å². The van der Waals surface area contributed by atoms with Crippen LogP contribution in [0.25, 0.3) is 10.9 Å². The predicted molar refractivity (Wildman–Crippen MR) is 131 cm³/mol. The Labute approximate surface area is 207 Å². The van der Waals surface area contributed by atoms with Gasteiger partial charge in [-0.1, -0.05) is 44.2 Å². The number of aromatic nitrogens is 2. The summed E-state index contributed by atoms with van der Waals surface area (Å²) in [5.74, 6) is 1.08. The smallest absolute Gasteiger partial charge is 0.358 e. The largest absolute Gasteiger partial charge is 0.416 e. The van der Waals surface area contributed by atoms with Gasteiger partial charge < -0.3 is 10.6 Å². The van der Waals surface area contributed by atoms with Gasteiger partial charge in [0.1, 0.15) is 17.7 Å². The standard InChI is InChI=1S/C26H29F3N6O/c1-16(2)23-25(36)32-22-15-34(13-17-7-3-5-9-19(17)26(27,28)29)11-12-35(22)14-21-30-20-10-6-4-8-18(20)24(31-21)33-23/h3-10,16,22-23H,11-15H2,1-2H3,(H,32,36)(H,30,31,33)/t22?,23-/m0/s1. The van der Waals surface area contributed by atoms with Gasteiger partial charge >= 0.3 is 6.18 Å². The van der Waals surface area contributed by atoms with E-state index < -0.39 is 17.8 Å². The fourth-order valence-corrected chi connectivity index (χ4v) is 4.95. The average Bonchev–Trinajstić information content (AvgIpc) is 2.83. The highest BCUT2D eigenvalue weighted by atomic mass is 19.4. The van der Waals surface area contributed by atoms with Crippen LogP contribution in [-0.2, 0) is 24.1 Å². The number of fused-ring (bicyclic) bond motifs is 5. The summed E-state index contributed by atoms with van der Waals surface area (Å²) in [4.78, 5) is 27.0. The first-order chi connectivity index (χ1) is 17.2. The van der Waals surface area contributed by atoms with Crippen LogP contribution in [0.2, 0.25) is 0 Å². The molecule has 1 unspecified atom stereocenters. The summed E-state index contributed by atoms with van der Waals surface area (Å²) < 4.78 is 40.6. The van der Waals surface area contributed by atoms with Crippen molar-refractivity contribution in [2.24, 2.45) is 5.92 Å². The van der Waals surface area contributed by atoms with E-state index >= 15 is 0 Å². The van der Waals surface area contributed by atoms with E-state index in [1.165, 1.54) is 12.1 Å². The van der Waals surface area contributed by atoms with E-state index in [-0.39, 0.29) is 30.1 Å². The molecule has 0 aliphatic carbocycles. The normalized spacial score (nSPS) is 21.7. The number of nitrogens with one attached hydrogen (secondary N) is 2. The first kappa shape index (κ1) is 24.5. The number of piperazine rings is 1. The highest BCUT2D eigenvalue weighted by molar-refractivity contribution is 5.92. The van der Waals surface area contributed by atoms with Crippen LogP contribution in [0.4, 0.5) is 19.0 Å². The number of hydrogen-bond donors (Lipinski definition) is 2. The maximum atomic E-state index is 13.5. The third-order valence-electron chi connectivity index (χ3n) is 6.84. The van der Waals surface area contributed by atoms with Crippen LogP contribution in [0.15, 0.2) is 48.5 Å². The fourth-order valence-electron chi connectivity index (χ4n) is 4.95. The number of halogens is 3. The van der Waals surface area contributed by atoms with E-state index in [4.69, 9.17) is 9.97 Å². The molecule has 1 fully saturated rings. The third kappa shape index (κ3) is 5.01. The second kappa shape index (κ2) is 9.67. The minimum Gasteiger partial charge on any atom is -0.358 e. The van der Waals surface area contributed by atoms with Crippen LogP contribution < -0.4 is 10.6 Å². The number of rotatable bonds is 3. The summed E-state index contributed by atoms with van der Waals surface area (Å²) in [6.45, 7) is 6.01. The molecular weight excluding hydrogens is 469 g/mol. The van der Waals surface area contributed by atoms with Crippen LogP contribution in [0, 0.1) is 5.92 Å². The lowest BCUT2D eigenvalue weighted by molar-refractivity contribution is -0.138. The summed E-state index contributed by atoms with van der Waals surface area (Å²) in [7, 11) is 0. The minimum atomic E-state index is -4.41. The maximum Gasteiger partial charge on any atom is 0.416 e. The molecule has 2 N–H and O–H groups in total. The Kier molecular flexibility index (Phi) is 6.57. The molecule has 1 aromatic heterocycles. The Morgan fingerprint density at radius 3 is 2.56 bits per heavy atom. The van der Waals surface area contributed by atoms with Crippen LogP contribution >= 0.6 is 0 Å². The van der Waals surface area contributed by atoms with Gasteiger partial charge in [0.05, 0.1) is 23.8 Å². The quantitative estimate of drug-likeness (QED) is 0.572. The first-order valence-electron chi connectivity index (χ1n) is 12.1. The monoisotopic (exact) mass is 498 g/mol. The van der Waals surface area contributed by atoms with Gasteiger partial charge in [-0.3, -0.25) is 14.6 Å². The van der Waals surface area contributed by atoms with Crippen molar-refractivity contribution in [1.82, 2.24) is 25.1 Å². The van der Waals surface area contributed by atoms with Crippen LogP contribution in [0.3, 0.4) is 0 Å². The molecule has 3 aromatic rings. The first-order valence-corrected chi connectivity index (χ1v) is 12.1. The van der Waals surface area contributed by atoms with Gasteiger partial charge in [-0.05, 0) is 29.7 Å². The second-order valence-electron chi connectivity index (χ2n) is 9.76. The van der Waals surface area contributed by atoms with Crippen molar-refractivity contribution in [2.45, 2.75) is 45.3 Å². The lowest BCUT2D eigenvalue weighted by Gasteiger charge is -2.42. The highest BCUT2D eigenvalue weighted by Gasteiger charge is 2.36. The van der Waals surface area contributed by atoms with Crippen molar-refractivity contribution in [2.75, 3.05) is 25.0 Å². The Bertz CT molecular complexity index is 1260. The van der Waals surface area contributed by atoms with E-state index in [0.29, 0.717) is 37.8 Å². The molecule has 36 heavy (non-hydrogen) atoms. The number of nitrogens with zero attached hydrogens (tertiary/aromatic N) is 4. The van der Waals surface area contributed by atoms with Gasteiger partial charge in [-0.25, -0.2) is 9.97 Å². The molecule has 5 rings (SSSR count). The molecule has 2 atom stereocenters. The molecule has 1 saturated heterocycles. The van der Waals surface area contributed by atoms with Gasteiger partial charge in [0, 0.05) is 31.6 Å². The van der Waals surface area contributed by atoms with Crippen LogP contribution in [0.5, 0.6) is 0 Å². The SMILES string of the molecule is CC(C)[C@@H]1Nc2nc(nc3ccccc23)CN2CCN(Cc3ccccc3C(F)(F)F)CC2NC1=O. The molecule has 10 heteroatoms. The number of carbonyl (C=O) groups is 1. The maximum absolute atomic E-state index is 13.5. The van der Waals surface area contributed by atoms with Gasteiger partial charge in [-0.2, -0.15) is 13.2 Å². The number of para-hydroxylation sites is 1. The average molecular weight is 499 g/mol. The predicted octanol–water partition coefficient (Wildman–Crippen LogP) is 3.86. The summed E-state index contributed by atoms with van der Waals surface area (Å²) in [5.41, 5.74) is 0.407.